The topological polar surface area (TPSA) is 124 Å². The second kappa shape index (κ2) is 9.16. The fourth-order valence-electron chi connectivity index (χ4n) is 4.42. The number of likely N-dealkylation sites (tertiary alicyclic amines) is 2. The average Bonchev–Trinajstić information content (AvgIpc) is 3.24. The molecule has 0 atom stereocenters. The number of fused-ring (bicyclic) bond motifs is 1. The van der Waals surface area contributed by atoms with Crippen LogP contribution in [0.15, 0.2) is 36.8 Å². The molecule has 3 N–H and O–H groups in total. The van der Waals surface area contributed by atoms with E-state index in [-0.39, 0.29) is 17.8 Å². The zero-order chi connectivity index (χ0) is 23.7. The Kier molecular flexibility index (Phi) is 5.91. The van der Waals surface area contributed by atoms with Crippen LogP contribution in [0.4, 0.5) is 15.0 Å². The zero-order valence-electron chi connectivity index (χ0n) is 18.4. The third-order valence-corrected chi connectivity index (χ3v) is 6.38. The van der Waals surface area contributed by atoms with Gasteiger partial charge in [-0.15, -0.1) is 0 Å². The van der Waals surface area contributed by atoms with Gasteiger partial charge < -0.3 is 29.9 Å². The van der Waals surface area contributed by atoms with Crippen LogP contribution in [0, 0.1) is 11.7 Å². The van der Waals surface area contributed by atoms with Crippen LogP contribution in [-0.4, -0.2) is 80.7 Å². The van der Waals surface area contributed by atoms with Gasteiger partial charge in [-0.3, -0.25) is 4.79 Å². The maximum atomic E-state index is 13.4. The predicted molar refractivity (Wildman–Crippen MR) is 121 cm³/mol. The van der Waals surface area contributed by atoms with E-state index >= 15 is 0 Å². The molecule has 3 aromatic rings. The molecule has 2 saturated heterocycles. The molecule has 10 nitrogen and oxygen atoms in total. The summed E-state index contributed by atoms with van der Waals surface area (Å²) in [7, 11) is 0. The Balaban J connectivity index is 1.22. The standard InChI is InChI=1S/C23H25FN6O4/c24-15-2-1-3-16(8-15)34-17-11-30(12-17)22(31)18-10-26-21-19(18)20(27-13-28-21)25-9-14-4-6-29(7-5-14)23(32)33/h1-3,8,10,13-14,17H,4-7,9,11-12H2,(H,32,33)(H2,25,26,27,28). The summed E-state index contributed by atoms with van der Waals surface area (Å²) in [6, 6.07) is 5.95. The molecule has 34 heavy (non-hydrogen) atoms. The van der Waals surface area contributed by atoms with Crippen molar-refractivity contribution < 1.29 is 23.8 Å². The number of carbonyl (C=O) groups excluding carboxylic acids is 1. The molecular formula is C23H25FN6O4. The monoisotopic (exact) mass is 468 g/mol. The summed E-state index contributed by atoms with van der Waals surface area (Å²) in [5, 5.41) is 13.1. The number of nitrogens with zero attached hydrogens (tertiary/aromatic N) is 4. The second-order valence-electron chi connectivity index (χ2n) is 8.65. The number of aromatic nitrogens is 3. The van der Waals surface area contributed by atoms with Crippen molar-refractivity contribution >= 4 is 28.9 Å². The van der Waals surface area contributed by atoms with Gasteiger partial charge in [0.05, 0.1) is 24.0 Å². The van der Waals surface area contributed by atoms with E-state index in [1.807, 2.05) is 0 Å². The largest absolute Gasteiger partial charge is 0.487 e. The second-order valence-corrected chi connectivity index (χ2v) is 8.65. The fourth-order valence-corrected chi connectivity index (χ4v) is 4.42. The quantitative estimate of drug-likeness (QED) is 0.508. The molecule has 0 bridgehead atoms. The normalized spacial score (nSPS) is 17.0. The van der Waals surface area contributed by atoms with Gasteiger partial charge >= 0.3 is 6.09 Å². The number of aromatic amines is 1. The number of hydrogen-bond donors (Lipinski definition) is 3. The van der Waals surface area contributed by atoms with Gasteiger partial charge in [-0.05, 0) is 30.9 Å². The van der Waals surface area contributed by atoms with Crippen molar-refractivity contribution in [3.8, 4) is 5.75 Å². The maximum Gasteiger partial charge on any atom is 0.407 e. The molecule has 1 aromatic carbocycles. The van der Waals surface area contributed by atoms with Crippen molar-refractivity contribution in [2.75, 3.05) is 38.0 Å². The molecular weight excluding hydrogens is 443 g/mol. The van der Waals surface area contributed by atoms with Crippen LogP contribution in [0.5, 0.6) is 5.75 Å². The number of amides is 2. The third-order valence-electron chi connectivity index (χ3n) is 6.38. The molecule has 0 saturated carbocycles. The minimum atomic E-state index is -0.881. The summed E-state index contributed by atoms with van der Waals surface area (Å²) >= 11 is 0. The Morgan fingerprint density at radius 2 is 2.00 bits per heavy atom. The number of anilines is 1. The Labute approximate surface area is 194 Å². The molecule has 11 heteroatoms. The number of benzene rings is 1. The van der Waals surface area contributed by atoms with Crippen molar-refractivity contribution in [3.63, 3.8) is 0 Å². The average molecular weight is 468 g/mol. The van der Waals surface area contributed by atoms with Crippen molar-refractivity contribution in [1.82, 2.24) is 24.8 Å². The molecule has 178 valence electrons. The number of H-pyrrole nitrogens is 1. The number of piperidine rings is 1. The Morgan fingerprint density at radius 1 is 1.21 bits per heavy atom. The number of carbonyl (C=O) groups is 2. The SMILES string of the molecule is O=C(O)N1CCC(CNc2ncnc3[nH]cc(C(=O)N4CC(Oc5cccc(F)c5)C4)c23)CC1. The fraction of sp³-hybridized carbons (Fsp3) is 0.391. The molecule has 0 spiro atoms. The van der Waals surface area contributed by atoms with Gasteiger partial charge in [-0.2, -0.15) is 0 Å². The molecule has 2 aliphatic rings. The minimum absolute atomic E-state index is 0.155. The number of nitrogens with one attached hydrogen (secondary N) is 2. The highest BCUT2D eigenvalue weighted by Crippen LogP contribution is 2.28. The Hall–Kier alpha value is -3.89. The van der Waals surface area contributed by atoms with Crippen LogP contribution in [0.2, 0.25) is 0 Å². The van der Waals surface area contributed by atoms with Crippen LogP contribution in [0.3, 0.4) is 0 Å². The number of halogens is 1. The molecule has 0 aliphatic carbocycles. The summed E-state index contributed by atoms with van der Waals surface area (Å²) in [5.41, 5.74) is 1.04. The van der Waals surface area contributed by atoms with E-state index in [9.17, 15) is 14.0 Å². The van der Waals surface area contributed by atoms with E-state index in [4.69, 9.17) is 9.84 Å². The van der Waals surface area contributed by atoms with Gasteiger partial charge in [-0.25, -0.2) is 19.2 Å². The van der Waals surface area contributed by atoms with Crippen LogP contribution in [0.1, 0.15) is 23.2 Å². The molecule has 5 rings (SSSR count). The van der Waals surface area contributed by atoms with E-state index < -0.39 is 6.09 Å². The highest BCUT2D eigenvalue weighted by atomic mass is 19.1. The highest BCUT2D eigenvalue weighted by molar-refractivity contribution is 6.09. The van der Waals surface area contributed by atoms with Crippen molar-refractivity contribution in [3.05, 3.63) is 48.2 Å². The van der Waals surface area contributed by atoms with E-state index in [0.717, 1.165) is 12.8 Å². The molecule has 0 radical (unpaired) electrons. The van der Waals surface area contributed by atoms with Crippen LogP contribution in [-0.2, 0) is 0 Å². The summed E-state index contributed by atoms with van der Waals surface area (Å²) in [4.78, 5) is 39.0. The van der Waals surface area contributed by atoms with Crippen molar-refractivity contribution in [2.24, 2.45) is 5.92 Å². The number of ether oxygens (including phenoxy) is 1. The van der Waals surface area contributed by atoms with Crippen LogP contribution in [0.25, 0.3) is 11.0 Å². The van der Waals surface area contributed by atoms with Crippen LogP contribution < -0.4 is 10.1 Å². The van der Waals surface area contributed by atoms with E-state index in [0.29, 0.717) is 66.8 Å². The molecule has 2 fully saturated rings. The van der Waals surface area contributed by atoms with Crippen molar-refractivity contribution in [2.45, 2.75) is 18.9 Å². The summed E-state index contributed by atoms with van der Waals surface area (Å²) < 4.78 is 19.1. The first-order valence-corrected chi connectivity index (χ1v) is 11.2. The van der Waals surface area contributed by atoms with Gasteiger partial charge in [0.15, 0.2) is 0 Å². The van der Waals surface area contributed by atoms with Gasteiger partial charge in [0, 0.05) is 31.9 Å². The number of rotatable bonds is 6. The number of hydrogen-bond acceptors (Lipinski definition) is 6. The lowest BCUT2D eigenvalue weighted by Gasteiger charge is -2.38. The Morgan fingerprint density at radius 3 is 2.74 bits per heavy atom. The first-order valence-electron chi connectivity index (χ1n) is 11.2. The summed E-state index contributed by atoms with van der Waals surface area (Å²) in [6.07, 6.45) is 3.55. The van der Waals surface area contributed by atoms with Gasteiger partial charge in [-0.1, -0.05) is 6.07 Å². The molecule has 2 amide bonds. The molecule has 2 aliphatic heterocycles. The van der Waals surface area contributed by atoms with E-state index in [1.165, 1.54) is 23.4 Å². The van der Waals surface area contributed by atoms with Gasteiger partial charge in [0.1, 0.15) is 35.5 Å². The first kappa shape index (κ1) is 21.9. The molecule has 4 heterocycles. The zero-order valence-corrected chi connectivity index (χ0v) is 18.4. The smallest absolute Gasteiger partial charge is 0.407 e. The van der Waals surface area contributed by atoms with Crippen LogP contribution >= 0.6 is 0 Å². The lowest BCUT2D eigenvalue weighted by Crippen LogP contribution is -2.56. The van der Waals surface area contributed by atoms with Gasteiger partial charge in [0.25, 0.3) is 5.91 Å². The summed E-state index contributed by atoms with van der Waals surface area (Å²) in [6.45, 7) is 2.47. The maximum absolute atomic E-state index is 13.4. The first-order chi connectivity index (χ1) is 16.5. The predicted octanol–water partition coefficient (Wildman–Crippen LogP) is 2.80. The lowest BCUT2D eigenvalue weighted by atomic mass is 9.97. The van der Waals surface area contributed by atoms with E-state index in [1.54, 1.807) is 23.2 Å². The van der Waals surface area contributed by atoms with E-state index in [2.05, 4.69) is 20.3 Å². The van der Waals surface area contributed by atoms with Gasteiger partial charge in [0.2, 0.25) is 0 Å². The highest BCUT2D eigenvalue weighted by Gasteiger charge is 2.34. The number of carboxylic acid groups (broad SMARTS) is 1. The summed E-state index contributed by atoms with van der Waals surface area (Å²) in [5.74, 6) is 0.811. The third kappa shape index (κ3) is 4.45. The molecule has 0 unspecified atom stereocenters. The molecule has 2 aromatic heterocycles. The minimum Gasteiger partial charge on any atom is -0.487 e. The lowest BCUT2D eigenvalue weighted by molar-refractivity contribution is 0.0178. The van der Waals surface area contributed by atoms with Crippen molar-refractivity contribution in [1.29, 1.82) is 0 Å². The Bertz CT molecular complexity index is 1200.